The molecule has 0 spiro atoms. The van der Waals surface area contributed by atoms with Crippen LogP contribution in [0.25, 0.3) is 11.8 Å². The van der Waals surface area contributed by atoms with E-state index in [-0.39, 0.29) is 5.91 Å². The Balaban J connectivity index is 1.72. The lowest BCUT2D eigenvalue weighted by atomic mass is 9.97. The third-order valence-electron chi connectivity index (χ3n) is 7.31. The molecule has 184 valence electrons. The zero-order chi connectivity index (χ0) is 25.3. The first-order valence-corrected chi connectivity index (χ1v) is 12.5. The van der Waals surface area contributed by atoms with Crippen molar-refractivity contribution in [1.82, 2.24) is 9.47 Å². The molecule has 0 fully saturated rings. The number of benzene rings is 1. The molecule has 0 N–H and O–H groups in total. The number of hydrogen-bond acceptors (Lipinski definition) is 3. The van der Waals surface area contributed by atoms with Crippen LogP contribution in [0.3, 0.4) is 0 Å². The van der Waals surface area contributed by atoms with Gasteiger partial charge in [-0.25, -0.2) is 4.79 Å². The number of aryl methyl sites for hydroxylation is 3. The number of methoxy groups -OCH3 is 1. The maximum Gasteiger partial charge on any atom is 0.340 e. The van der Waals surface area contributed by atoms with Gasteiger partial charge in [0.2, 0.25) is 0 Å². The topological polar surface area (TPSA) is 51.5 Å². The largest absolute Gasteiger partial charge is 0.465 e. The number of amides is 1. The van der Waals surface area contributed by atoms with Crippen molar-refractivity contribution in [2.24, 2.45) is 0 Å². The van der Waals surface area contributed by atoms with Crippen LogP contribution in [0.15, 0.2) is 52.8 Å². The van der Waals surface area contributed by atoms with Crippen LogP contribution in [0.5, 0.6) is 0 Å². The second-order valence-electron chi connectivity index (χ2n) is 9.78. The minimum Gasteiger partial charge on any atom is -0.465 e. The fraction of sp³-hybridized carbons (Fsp3) is 0.400. The number of carbonyl (C=O) groups excluding carboxylic acids is 2. The van der Waals surface area contributed by atoms with Gasteiger partial charge < -0.3 is 14.2 Å². The maximum atomic E-state index is 13.6. The molecule has 0 unspecified atom stereocenters. The van der Waals surface area contributed by atoms with E-state index in [1.54, 1.807) is 4.90 Å². The van der Waals surface area contributed by atoms with Crippen molar-refractivity contribution >= 4 is 18.0 Å². The van der Waals surface area contributed by atoms with Gasteiger partial charge in [0.1, 0.15) is 0 Å². The highest BCUT2D eigenvalue weighted by molar-refractivity contribution is 6.16. The number of carbonyl (C=O) groups is 2. The standard InChI is InChI=1S/C30H36N2O3/c1-19-12-13-27(20(2)16-19)32-21(3)17-25(22(32)4)18-26-28(30(34)35-6)23(5)31(29(26)33)15-14-24-10-8-7-9-11-24/h10,12-13,16-18H,7-9,11,14-15H2,1-6H3. The number of hydrogen-bond donors (Lipinski definition) is 0. The molecule has 2 aromatic rings. The van der Waals surface area contributed by atoms with Gasteiger partial charge in [0.05, 0.1) is 18.3 Å². The monoisotopic (exact) mass is 472 g/mol. The van der Waals surface area contributed by atoms with Crippen LogP contribution in [0.2, 0.25) is 0 Å². The van der Waals surface area contributed by atoms with Crippen molar-refractivity contribution in [3.05, 3.63) is 80.8 Å². The summed E-state index contributed by atoms with van der Waals surface area (Å²) in [7, 11) is 1.37. The average Bonchev–Trinajstić information content (AvgIpc) is 3.24. The van der Waals surface area contributed by atoms with E-state index in [1.807, 2.05) is 13.0 Å². The molecule has 1 amide bonds. The first-order valence-electron chi connectivity index (χ1n) is 12.5. The normalized spacial score (nSPS) is 17.4. The third-order valence-corrected chi connectivity index (χ3v) is 7.31. The van der Waals surface area contributed by atoms with Crippen molar-refractivity contribution in [3.8, 4) is 5.69 Å². The van der Waals surface area contributed by atoms with Crippen LogP contribution in [0.4, 0.5) is 0 Å². The summed E-state index contributed by atoms with van der Waals surface area (Å²) in [4.78, 5) is 28.1. The second-order valence-corrected chi connectivity index (χ2v) is 9.78. The van der Waals surface area contributed by atoms with Crippen LogP contribution in [0, 0.1) is 27.7 Å². The van der Waals surface area contributed by atoms with Gasteiger partial charge in [0.25, 0.3) is 5.91 Å². The molecule has 0 bridgehead atoms. The van der Waals surface area contributed by atoms with Gasteiger partial charge in [-0.15, -0.1) is 0 Å². The van der Waals surface area contributed by atoms with E-state index in [4.69, 9.17) is 4.74 Å². The fourth-order valence-electron chi connectivity index (χ4n) is 5.40. The molecule has 1 aliphatic heterocycles. The summed E-state index contributed by atoms with van der Waals surface area (Å²) >= 11 is 0. The van der Waals surface area contributed by atoms with Gasteiger partial charge in [-0.2, -0.15) is 0 Å². The van der Waals surface area contributed by atoms with E-state index in [0.717, 1.165) is 41.9 Å². The second kappa shape index (κ2) is 10.1. The summed E-state index contributed by atoms with van der Waals surface area (Å²) in [5, 5.41) is 0. The molecular formula is C30H36N2O3. The summed E-state index contributed by atoms with van der Waals surface area (Å²) in [6.45, 7) is 10.8. The summed E-state index contributed by atoms with van der Waals surface area (Å²) in [5.41, 5.74) is 9.43. The molecule has 5 nitrogen and oxygen atoms in total. The van der Waals surface area contributed by atoms with Crippen LogP contribution in [0.1, 0.15) is 67.1 Å². The zero-order valence-corrected chi connectivity index (χ0v) is 21.8. The molecule has 2 heterocycles. The summed E-state index contributed by atoms with van der Waals surface area (Å²) < 4.78 is 7.30. The molecule has 1 aromatic carbocycles. The average molecular weight is 473 g/mol. The Hall–Kier alpha value is -3.34. The number of allylic oxidation sites excluding steroid dienone is 2. The first kappa shape index (κ1) is 24.8. The maximum absolute atomic E-state index is 13.6. The van der Waals surface area contributed by atoms with Crippen molar-refractivity contribution in [2.75, 3.05) is 13.7 Å². The molecule has 0 radical (unpaired) electrons. The van der Waals surface area contributed by atoms with E-state index >= 15 is 0 Å². The first-order chi connectivity index (χ1) is 16.7. The van der Waals surface area contributed by atoms with E-state index in [2.05, 4.69) is 62.6 Å². The van der Waals surface area contributed by atoms with E-state index < -0.39 is 5.97 Å². The molecule has 1 aromatic heterocycles. The fourth-order valence-corrected chi connectivity index (χ4v) is 5.40. The van der Waals surface area contributed by atoms with Gasteiger partial charge in [-0.1, -0.05) is 29.3 Å². The van der Waals surface area contributed by atoms with Gasteiger partial charge in [-0.3, -0.25) is 4.79 Å². The molecule has 35 heavy (non-hydrogen) atoms. The summed E-state index contributed by atoms with van der Waals surface area (Å²) in [5.74, 6) is -0.597. The number of ether oxygens (including phenoxy) is 1. The quantitative estimate of drug-likeness (QED) is 0.283. The molecule has 1 aliphatic carbocycles. The number of esters is 1. The summed E-state index contributed by atoms with van der Waals surface area (Å²) in [6, 6.07) is 8.50. The minimum absolute atomic E-state index is 0.129. The molecule has 0 atom stereocenters. The Morgan fingerprint density at radius 1 is 1.09 bits per heavy atom. The SMILES string of the molecule is COC(=O)C1=C(C)N(CCC2=CCCCC2)C(=O)C1=Cc1cc(C)n(-c2ccc(C)cc2C)c1C. The van der Waals surface area contributed by atoms with E-state index in [9.17, 15) is 9.59 Å². The molecule has 0 saturated carbocycles. The molecule has 0 saturated heterocycles. The van der Waals surface area contributed by atoms with E-state index in [1.165, 1.54) is 36.7 Å². The number of aromatic nitrogens is 1. The number of rotatable bonds is 6. The summed E-state index contributed by atoms with van der Waals surface area (Å²) in [6.07, 6.45) is 9.68. The van der Waals surface area contributed by atoms with Crippen LogP contribution in [-0.2, 0) is 14.3 Å². The minimum atomic E-state index is -0.468. The Kier molecular flexibility index (Phi) is 7.15. The third kappa shape index (κ3) is 4.77. The van der Waals surface area contributed by atoms with Crippen molar-refractivity contribution in [3.63, 3.8) is 0 Å². The smallest absolute Gasteiger partial charge is 0.340 e. The molecule has 2 aliphatic rings. The van der Waals surface area contributed by atoms with Crippen molar-refractivity contribution in [1.29, 1.82) is 0 Å². The lowest BCUT2D eigenvalue weighted by Crippen LogP contribution is -2.26. The highest BCUT2D eigenvalue weighted by Crippen LogP contribution is 2.34. The van der Waals surface area contributed by atoms with Crippen LogP contribution >= 0.6 is 0 Å². The Morgan fingerprint density at radius 3 is 2.51 bits per heavy atom. The molecular weight excluding hydrogens is 436 g/mol. The molecule has 4 rings (SSSR count). The predicted molar refractivity (Wildman–Crippen MR) is 140 cm³/mol. The Labute approximate surface area is 208 Å². The van der Waals surface area contributed by atoms with Crippen molar-refractivity contribution in [2.45, 2.75) is 66.7 Å². The Morgan fingerprint density at radius 2 is 1.86 bits per heavy atom. The van der Waals surface area contributed by atoms with Gasteiger partial charge in [-0.05, 0) is 96.1 Å². The lowest BCUT2D eigenvalue weighted by molar-refractivity contribution is -0.136. The van der Waals surface area contributed by atoms with E-state index in [0.29, 0.717) is 23.4 Å². The number of nitrogens with zero attached hydrogens (tertiary/aromatic N) is 2. The lowest BCUT2D eigenvalue weighted by Gasteiger charge is -2.20. The Bertz CT molecular complexity index is 1270. The van der Waals surface area contributed by atoms with Crippen LogP contribution in [-0.4, -0.2) is 35.0 Å². The molecule has 5 heteroatoms. The van der Waals surface area contributed by atoms with Crippen LogP contribution < -0.4 is 0 Å². The van der Waals surface area contributed by atoms with Gasteiger partial charge in [0.15, 0.2) is 0 Å². The highest BCUT2D eigenvalue weighted by atomic mass is 16.5. The highest BCUT2D eigenvalue weighted by Gasteiger charge is 2.37. The van der Waals surface area contributed by atoms with Crippen molar-refractivity contribution < 1.29 is 14.3 Å². The van der Waals surface area contributed by atoms with Gasteiger partial charge >= 0.3 is 5.97 Å². The zero-order valence-electron chi connectivity index (χ0n) is 21.8. The predicted octanol–water partition coefficient (Wildman–Crippen LogP) is 6.27. The van der Waals surface area contributed by atoms with Gasteiger partial charge in [0, 0.05) is 29.3 Å².